The van der Waals surface area contributed by atoms with Crippen molar-refractivity contribution in [1.82, 2.24) is 9.97 Å². The Bertz CT molecular complexity index is 356. The molecule has 15 heavy (non-hydrogen) atoms. The van der Waals surface area contributed by atoms with Crippen LogP contribution in [0.5, 0.6) is 5.88 Å². The summed E-state index contributed by atoms with van der Waals surface area (Å²) in [5, 5.41) is 0. The largest absolute Gasteiger partial charge is 0.477 e. The molecule has 0 saturated carbocycles. The van der Waals surface area contributed by atoms with Gasteiger partial charge in [0.2, 0.25) is 11.8 Å². The van der Waals surface area contributed by atoms with Gasteiger partial charge in [-0.1, -0.05) is 20.8 Å². The van der Waals surface area contributed by atoms with Gasteiger partial charge in [-0.2, -0.15) is 4.98 Å². The molecule has 0 saturated heterocycles. The van der Waals surface area contributed by atoms with E-state index in [1.165, 1.54) is 0 Å². The summed E-state index contributed by atoms with van der Waals surface area (Å²) in [7, 11) is 0. The second-order valence-electron chi connectivity index (χ2n) is 4.95. The van der Waals surface area contributed by atoms with Gasteiger partial charge in [-0.25, -0.2) is 4.98 Å². The minimum Gasteiger partial charge on any atom is -0.477 e. The first kappa shape index (κ1) is 11.8. The molecule has 0 atom stereocenters. The number of ether oxygens (including phenoxy) is 1. The molecular weight excluding hydrogens is 190 g/mol. The van der Waals surface area contributed by atoms with E-state index < -0.39 is 0 Å². The van der Waals surface area contributed by atoms with E-state index in [1.807, 2.05) is 13.8 Å². The van der Waals surface area contributed by atoms with E-state index in [0.29, 0.717) is 12.5 Å². The first-order valence-corrected chi connectivity index (χ1v) is 5.03. The molecule has 0 unspecified atom stereocenters. The topological polar surface area (TPSA) is 61.0 Å². The maximum absolute atomic E-state index is 5.63. The molecule has 1 rings (SSSR count). The van der Waals surface area contributed by atoms with Gasteiger partial charge in [-0.05, 0) is 19.3 Å². The molecular formula is C11H19N3O. The molecule has 1 heterocycles. The molecule has 0 aliphatic heterocycles. The second kappa shape index (κ2) is 4.04. The van der Waals surface area contributed by atoms with E-state index in [-0.39, 0.29) is 11.4 Å². The quantitative estimate of drug-likeness (QED) is 0.810. The summed E-state index contributed by atoms with van der Waals surface area (Å²) in [6, 6.07) is 0. The van der Waals surface area contributed by atoms with Crippen molar-refractivity contribution in [3.8, 4) is 5.88 Å². The van der Waals surface area contributed by atoms with Gasteiger partial charge in [0.25, 0.3) is 0 Å². The Hall–Kier alpha value is -1.32. The molecule has 4 heteroatoms. The zero-order valence-electron chi connectivity index (χ0n) is 10.1. The van der Waals surface area contributed by atoms with Gasteiger partial charge in [0.05, 0.1) is 6.61 Å². The van der Waals surface area contributed by atoms with Gasteiger partial charge in [-0.15, -0.1) is 0 Å². The fourth-order valence-corrected chi connectivity index (χ4v) is 1.05. The lowest BCUT2D eigenvalue weighted by atomic mass is 9.99. The van der Waals surface area contributed by atoms with Crippen LogP contribution in [0.25, 0.3) is 0 Å². The van der Waals surface area contributed by atoms with Crippen molar-refractivity contribution < 1.29 is 4.74 Å². The SMILES string of the molecule is Cc1nc(N)nc(OCC(C)(C)C)c1C. The van der Waals surface area contributed by atoms with E-state index in [2.05, 4.69) is 30.7 Å². The molecule has 1 aromatic heterocycles. The highest BCUT2D eigenvalue weighted by atomic mass is 16.5. The van der Waals surface area contributed by atoms with Crippen LogP contribution in [-0.2, 0) is 0 Å². The van der Waals surface area contributed by atoms with E-state index in [1.54, 1.807) is 0 Å². The zero-order valence-corrected chi connectivity index (χ0v) is 10.1. The molecule has 0 radical (unpaired) electrons. The number of aryl methyl sites for hydroxylation is 1. The smallest absolute Gasteiger partial charge is 0.223 e. The van der Waals surface area contributed by atoms with Crippen molar-refractivity contribution in [2.45, 2.75) is 34.6 Å². The molecule has 0 bridgehead atoms. The highest BCUT2D eigenvalue weighted by Gasteiger charge is 2.14. The Labute approximate surface area is 90.9 Å². The number of rotatable bonds is 2. The molecule has 0 aliphatic carbocycles. The number of hydrogen-bond donors (Lipinski definition) is 1. The van der Waals surface area contributed by atoms with Crippen LogP contribution in [-0.4, -0.2) is 16.6 Å². The van der Waals surface area contributed by atoms with Gasteiger partial charge >= 0.3 is 0 Å². The lowest BCUT2D eigenvalue weighted by molar-refractivity contribution is 0.190. The monoisotopic (exact) mass is 209 g/mol. The first-order chi connectivity index (χ1) is 6.79. The summed E-state index contributed by atoms with van der Waals surface area (Å²) < 4.78 is 5.63. The summed E-state index contributed by atoms with van der Waals surface area (Å²) in [4.78, 5) is 8.15. The van der Waals surface area contributed by atoms with E-state index in [9.17, 15) is 0 Å². The standard InChI is InChI=1S/C11H19N3O/c1-7-8(2)13-10(12)14-9(7)15-6-11(3,4)5/h6H2,1-5H3,(H2,12,13,14). The summed E-state index contributed by atoms with van der Waals surface area (Å²) in [5.41, 5.74) is 7.50. The Kier molecular flexibility index (Phi) is 3.17. The van der Waals surface area contributed by atoms with Gasteiger partial charge < -0.3 is 10.5 Å². The van der Waals surface area contributed by atoms with Crippen LogP contribution in [0.4, 0.5) is 5.95 Å². The average molecular weight is 209 g/mol. The number of aromatic nitrogens is 2. The predicted octanol–water partition coefficient (Wildman–Crippen LogP) is 2.10. The Morgan fingerprint density at radius 2 is 1.80 bits per heavy atom. The highest BCUT2D eigenvalue weighted by molar-refractivity contribution is 5.34. The third-order valence-electron chi connectivity index (χ3n) is 2.00. The van der Waals surface area contributed by atoms with Crippen LogP contribution >= 0.6 is 0 Å². The second-order valence-corrected chi connectivity index (χ2v) is 4.95. The lowest BCUT2D eigenvalue weighted by Gasteiger charge is -2.19. The van der Waals surface area contributed by atoms with Crippen LogP contribution in [0.3, 0.4) is 0 Å². The van der Waals surface area contributed by atoms with Gasteiger partial charge in [0.1, 0.15) is 0 Å². The molecule has 0 aromatic carbocycles. The van der Waals surface area contributed by atoms with Crippen LogP contribution in [0.2, 0.25) is 0 Å². The number of nitrogens with two attached hydrogens (primary N) is 1. The first-order valence-electron chi connectivity index (χ1n) is 5.03. The Morgan fingerprint density at radius 1 is 1.20 bits per heavy atom. The van der Waals surface area contributed by atoms with Gasteiger partial charge in [-0.3, -0.25) is 0 Å². The van der Waals surface area contributed by atoms with Crippen molar-refractivity contribution in [1.29, 1.82) is 0 Å². The zero-order chi connectivity index (χ0) is 11.6. The van der Waals surface area contributed by atoms with Crippen molar-refractivity contribution >= 4 is 5.95 Å². The Morgan fingerprint density at radius 3 is 2.33 bits per heavy atom. The molecule has 4 nitrogen and oxygen atoms in total. The Balaban J connectivity index is 2.86. The van der Waals surface area contributed by atoms with Crippen LogP contribution in [0.1, 0.15) is 32.0 Å². The number of nitrogen functional groups attached to an aromatic ring is 1. The summed E-state index contributed by atoms with van der Waals surface area (Å²) in [5.74, 6) is 0.858. The molecule has 0 fully saturated rings. The molecule has 2 N–H and O–H groups in total. The molecule has 84 valence electrons. The van der Waals surface area contributed by atoms with Crippen LogP contribution in [0.15, 0.2) is 0 Å². The normalized spacial score (nSPS) is 11.5. The van der Waals surface area contributed by atoms with Crippen molar-refractivity contribution in [2.75, 3.05) is 12.3 Å². The van der Waals surface area contributed by atoms with E-state index >= 15 is 0 Å². The minimum atomic E-state index is 0.111. The number of anilines is 1. The average Bonchev–Trinajstić information content (AvgIpc) is 2.07. The fourth-order valence-electron chi connectivity index (χ4n) is 1.05. The molecule has 0 aliphatic rings. The maximum Gasteiger partial charge on any atom is 0.223 e. The summed E-state index contributed by atoms with van der Waals surface area (Å²) >= 11 is 0. The summed E-state index contributed by atoms with van der Waals surface area (Å²) in [6.07, 6.45) is 0. The van der Waals surface area contributed by atoms with Crippen molar-refractivity contribution in [3.63, 3.8) is 0 Å². The van der Waals surface area contributed by atoms with E-state index in [4.69, 9.17) is 10.5 Å². The van der Waals surface area contributed by atoms with Gasteiger partial charge in [0, 0.05) is 11.3 Å². The summed E-state index contributed by atoms with van der Waals surface area (Å²) in [6.45, 7) is 10.8. The molecule has 1 aromatic rings. The van der Waals surface area contributed by atoms with Gasteiger partial charge in [0.15, 0.2) is 0 Å². The predicted molar refractivity (Wildman–Crippen MR) is 60.9 cm³/mol. The van der Waals surface area contributed by atoms with Crippen LogP contribution in [0, 0.1) is 19.3 Å². The number of nitrogens with zero attached hydrogens (tertiary/aromatic N) is 2. The van der Waals surface area contributed by atoms with Crippen LogP contribution < -0.4 is 10.5 Å². The lowest BCUT2D eigenvalue weighted by Crippen LogP contribution is -2.18. The highest BCUT2D eigenvalue weighted by Crippen LogP contribution is 2.21. The molecule has 0 spiro atoms. The van der Waals surface area contributed by atoms with E-state index in [0.717, 1.165) is 11.3 Å². The maximum atomic E-state index is 5.63. The number of hydrogen-bond acceptors (Lipinski definition) is 4. The minimum absolute atomic E-state index is 0.111. The molecule has 0 amide bonds. The third-order valence-corrected chi connectivity index (χ3v) is 2.00. The van der Waals surface area contributed by atoms with Crippen molar-refractivity contribution in [3.05, 3.63) is 11.3 Å². The third kappa shape index (κ3) is 3.38. The van der Waals surface area contributed by atoms with Crippen molar-refractivity contribution in [2.24, 2.45) is 5.41 Å². The fraction of sp³-hybridized carbons (Fsp3) is 0.636.